The molecule has 0 radical (unpaired) electrons. The molecular formula is C16H26ClIN4O. The number of nitrogens with one attached hydrogen (secondary N) is 2. The highest BCUT2D eigenvalue weighted by Gasteiger charge is 2.08. The molecule has 0 aliphatic heterocycles. The van der Waals surface area contributed by atoms with E-state index in [0.717, 1.165) is 23.1 Å². The maximum atomic E-state index is 11.6. The van der Waals surface area contributed by atoms with Crippen molar-refractivity contribution in [1.82, 2.24) is 15.5 Å². The Labute approximate surface area is 160 Å². The van der Waals surface area contributed by atoms with E-state index in [2.05, 4.69) is 15.6 Å². The number of hydrogen-bond donors (Lipinski definition) is 2. The Kier molecular flexibility index (Phi) is 11.0. The number of carbonyl (C=O) groups is 1. The van der Waals surface area contributed by atoms with Crippen molar-refractivity contribution >= 4 is 47.4 Å². The highest BCUT2D eigenvalue weighted by molar-refractivity contribution is 14.0. The van der Waals surface area contributed by atoms with Gasteiger partial charge < -0.3 is 15.5 Å². The van der Waals surface area contributed by atoms with Gasteiger partial charge >= 0.3 is 0 Å². The molecular weight excluding hydrogens is 427 g/mol. The maximum absolute atomic E-state index is 11.6. The van der Waals surface area contributed by atoms with Crippen LogP contribution in [0.15, 0.2) is 29.3 Å². The topological polar surface area (TPSA) is 56.7 Å². The summed E-state index contributed by atoms with van der Waals surface area (Å²) in [5.41, 5.74) is 1.15. The van der Waals surface area contributed by atoms with Crippen LogP contribution in [0.3, 0.4) is 0 Å². The fourth-order valence-electron chi connectivity index (χ4n) is 2.01. The third kappa shape index (κ3) is 9.00. The first kappa shape index (κ1) is 22.0. The zero-order valence-electron chi connectivity index (χ0n) is 14.1. The van der Waals surface area contributed by atoms with Gasteiger partial charge in [-0.2, -0.15) is 0 Å². The first-order valence-electron chi connectivity index (χ1n) is 7.38. The Morgan fingerprint density at radius 1 is 1.30 bits per heavy atom. The Morgan fingerprint density at radius 3 is 2.43 bits per heavy atom. The standard InChI is InChI=1S/C16H25ClN4O.HI/c1-12(2)20-15(22)9-10-19-16(18-3)21(4)11-13-5-7-14(17)8-6-13;/h5-8,12H,9-11H2,1-4H3,(H,18,19)(H,20,22);1H. The molecule has 0 fully saturated rings. The highest BCUT2D eigenvalue weighted by atomic mass is 127. The van der Waals surface area contributed by atoms with Crippen molar-refractivity contribution in [1.29, 1.82) is 0 Å². The van der Waals surface area contributed by atoms with Crippen LogP contribution in [-0.2, 0) is 11.3 Å². The van der Waals surface area contributed by atoms with Gasteiger partial charge in [0.15, 0.2) is 5.96 Å². The Morgan fingerprint density at radius 2 is 1.91 bits per heavy atom. The number of halogens is 2. The van der Waals surface area contributed by atoms with Gasteiger partial charge in [-0.25, -0.2) is 0 Å². The van der Waals surface area contributed by atoms with Gasteiger partial charge in [-0.1, -0.05) is 23.7 Å². The van der Waals surface area contributed by atoms with Gasteiger partial charge in [-0.3, -0.25) is 9.79 Å². The van der Waals surface area contributed by atoms with Gasteiger partial charge in [0.05, 0.1) is 0 Å². The van der Waals surface area contributed by atoms with Gasteiger partial charge in [-0.15, -0.1) is 24.0 Å². The zero-order chi connectivity index (χ0) is 16.5. The minimum atomic E-state index is 0. The van der Waals surface area contributed by atoms with Crippen LogP contribution in [0.1, 0.15) is 25.8 Å². The first-order chi connectivity index (χ1) is 10.4. The number of guanidine groups is 1. The average molecular weight is 453 g/mol. The van der Waals surface area contributed by atoms with E-state index in [1.165, 1.54) is 0 Å². The number of amides is 1. The molecule has 0 bridgehead atoms. The molecule has 130 valence electrons. The molecule has 1 rings (SSSR count). The van der Waals surface area contributed by atoms with Crippen molar-refractivity contribution in [3.05, 3.63) is 34.9 Å². The van der Waals surface area contributed by atoms with Gasteiger partial charge in [0, 0.05) is 44.7 Å². The monoisotopic (exact) mass is 452 g/mol. The predicted molar refractivity (Wildman–Crippen MR) is 108 cm³/mol. The molecule has 1 aromatic carbocycles. The van der Waals surface area contributed by atoms with Gasteiger partial charge in [-0.05, 0) is 31.5 Å². The number of hydrogen-bond acceptors (Lipinski definition) is 2. The number of aliphatic imine (C=N–C) groups is 1. The molecule has 1 aromatic rings. The zero-order valence-corrected chi connectivity index (χ0v) is 17.2. The van der Waals surface area contributed by atoms with E-state index in [4.69, 9.17) is 11.6 Å². The Hall–Kier alpha value is -1.02. The van der Waals surface area contributed by atoms with Gasteiger partial charge in [0.2, 0.25) is 5.91 Å². The van der Waals surface area contributed by atoms with Crippen LogP contribution < -0.4 is 10.6 Å². The van der Waals surface area contributed by atoms with E-state index >= 15 is 0 Å². The molecule has 0 aliphatic carbocycles. The quantitative estimate of drug-likeness (QED) is 0.396. The number of nitrogens with zero attached hydrogens (tertiary/aromatic N) is 2. The number of benzene rings is 1. The largest absolute Gasteiger partial charge is 0.356 e. The van der Waals surface area contributed by atoms with E-state index in [0.29, 0.717) is 13.0 Å². The van der Waals surface area contributed by atoms with E-state index in [9.17, 15) is 4.79 Å². The average Bonchev–Trinajstić information content (AvgIpc) is 2.45. The van der Waals surface area contributed by atoms with Crippen molar-refractivity contribution in [2.75, 3.05) is 20.6 Å². The SMILES string of the molecule is CN=C(NCCC(=O)NC(C)C)N(C)Cc1ccc(Cl)cc1.I. The molecule has 1 amide bonds. The molecule has 0 spiro atoms. The van der Waals surface area contributed by atoms with Crippen molar-refractivity contribution in [2.45, 2.75) is 32.9 Å². The minimum Gasteiger partial charge on any atom is -0.356 e. The molecule has 0 heterocycles. The van der Waals surface area contributed by atoms with E-state index in [-0.39, 0.29) is 35.9 Å². The summed E-state index contributed by atoms with van der Waals surface area (Å²) in [6, 6.07) is 7.89. The molecule has 0 unspecified atom stereocenters. The van der Waals surface area contributed by atoms with Crippen LogP contribution in [0, 0.1) is 0 Å². The fourth-order valence-corrected chi connectivity index (χ4v) is 2.13. The first-order valence-corrected chi connectivity index (χ1v) is 7.75. The van der Waals surface area contributed by atoms with E-state index in [1.54, 1.807) is 7.05 Å². The Bertz CT molecular complexity index is 505. The molecule has 23 heavy (non-hydrogen) atoms. The lowest BCUT2D eigenvalue weighted by Crippen LogP contribution is -2.40. The summed E-state index contributed by atoms with van der Waals surface area (Å²) in [6.07, 6.45) is 0.423. The molecule has 0 saturated heterocycles. The molecule has 0 aromatic heterocycles. The lowest BCUT2D eigenvalue weighted by Gasteiger charge is -2.22. The highest BCUT2D eigenvalue weighted by Crippen LogP contribution is 2.10. The second-order valence-corrected chi connectivity index (χ2v) is 5.87. The second kappa shape index (κ2) is 11.5. The van der Waals surface area contributed by atoms with E-state index < -0.39 is 0 Å². The molecule has 0 aliphatic rings. The second-order valence-electron chi connectivity index (χ2n) is 5.43. The summed E-state index contributed by atoms with van der Waals surface area (Å²) in [6.45, 7) is 5.17. The van der Waals surface area contributed by atoms with Crippen LogP contribution in [0.2, 0.25) is 5.02 Å². The van der Waals surface area contributed by atoms with Gasteiger partial charge in [0.1, 0.15) is 0 Å². The lowest BCUT2D eigenvalue weighted by atomic mass is 10.2. The smallest absolute Gasteiger partial charge is 0.221 e. The van der Waals surface area contributed by atoms with E-state index in [1.807, 2.05) is 50.1 Å². The Balaban J connectivity index is 0.00000484. The van der Waals surface area contributed by atoms with Crippen LogP contribution >= 0.6 is 35.6 Å². The number of rotatable bonds is 6. The van der Waals surface area contributed by atoms with Crippen LogP contribution in [0.25, 0.3) is 0 Å². The number of carbonyl (C=O) groups excluding carboxylic acids is 1. The third-order valence-electron chi connectivity index (χ3n) is 2.99. The molecule has 2 N–H and O–H groups in total. The maximum Gasteiger partial charge on any atom is 0.221 e. The van der Waals surface area contributed by atoms with Gasteiger partial charge in [0.25, 0.3) is 0 Å². The van der Waals surface area contributed by atoms with Crippen molar-refractivity contribution in [2.24, 2.45) is 4.99 Å². The van der Waals surface area contributed by atoms with Crippen LogP contribution in [0.4, 0.5) is 0 Å². The van der Waals surface area contributed by atoms with Crippen molar-refractivity contribution < 1.29 is 4.79 Å². The van der Waals surface area contributed by atoms with Crippen molar-refractivity contribution in [3.8, 4) is 0 Å². The summed E-state index contributed by atoms with van der Waals surface area (Å²) < 4.78 is 0. The van der Waals surface area contributed by atoms with Crippen molar-refractivity contribution in [3.63, 3.8) is 0 Å². The molecule has 5 nitrogen and oxygen atoms in total. The summed E-state index contributed by atoms with van der Waals surface area (Å²) in [4.78, 5) is 17.8. The molecule has 7 heteroatoms. The third-order valence-corrected chi connectivity index (χ3v) is 3.24. The predicted octanol–water partition coefficient (Wildman–Crippen LogP) is 2.88. The van der Waals surface area contributed by atoms with Crippen LogP contribution in [0.5, 0.6) is 0 Å². The van der Waals surface area contributed by atoms with Crippen LogP contribution in [-0.4, -0.2) is 43.4 Å². The molecule has 0 saturated carbocycles. The summed E-state index contributed by atoms with van der Waals surface area (Å²) in [5.74, 6) is 0.797. The summed E-state index contributed by atoms with van der Waals surface area (Å²) in [5, 5.41) is 6.78. The fraction of sp³-hybridized carbons (Fsp3) is 0.500. The summed E-state index contributed by atoms with van der Waals surface area (Å²) >= 11 is 5.88. The summed E-state index contributed by atoms with van der Waals surface area (Å²) in [7, 11) is 3.69. The molecule has 0 atom stereocenters. The minimum absolute atomic E-state index is 0. The lowest BCUT2D eigenvalue weighted by molar-refractivity contribution is -0.121. The normalized spacial score (nSPS) is 11.0.